The fourth-order valence-corrected chi connectivity index (χ4v) is 3.74. The molecule has 4 nitrogen and oxygen atoms in total. The molecular weight excluding hydrogens is 250 g/mol. The molecule has 0 aliphatic carbocycles. The predicted octanol–water partition coefficient (Wildman–Crippen LogP) is 2.61. The molecular formula is C13H15NO3S. The van der Waals surface area contributed by atoms with Gasteiger partial charge in [-0.25, -0.2) is 4.79 Å². The fraction of sp³-hybridized carbons (Fsp3) is 0.462. The lowest BCUT2D eigenvalue weighted by Crippen LogP contribution is -2.38. The number of carbonyl (C=O) groups is 1. The van der Waals surface area contributed by atoms with Crippen LogP contribution in [0.5, 0.6) is 5.75 Å². The van der Waals surface area contributed by atoms with E-state index in [4.69, 9.17) is 4.74 Å². The quantitative estimate of drug-likeness (QED) is 0.848. The van der Waals surface area contributed by atoms with Gasteiger partial charge in [0, 0.05) is 0 Å². The number of aromatic hydroxyl groups is 1. The van der Waals surface area contributed by atoms with Gasteiger partial charge in [0.25, 0.3) is 0 Å². The summed E-state index contributed by atoms with van der Waals surface area (Å²) in [5.41, 5.74) is 0.197. The zero-order valence-electron chi connectivity index (χ0n) is 9.96. The molecule has 96 valence electrons. The van der Waals surface area contributed by atoms with Gasteiger partial charge in [-0.15, -0.1) is 0 Å². The van der Waals surface area contributed by atoms with Crippen molar-refractivity contribution in [3.63, 3.8) is 0 Å². The average Bonchev–Trinajstić information content (AvgIpc) is 2.67. The van der Waals surface area contributed by atoms with Crippen molar-refractivity contribution in [2.45, 2.75) is 18.4 Å². The van der Waals surface area contributed by atoms with Gasteiger partial charge in [0.15, 0.2) is 0 Å². The van der Waals surface area contributed by atoms with E-state index in [0.717, 1.165) is 24.3 Å². The Kier molecular flexibility index (Phi) is 2.86. The average molecular weight is 265 g/mol. The first-order chi connectivity index (χ1) is 8.70. The molecule has 1 aromatic rings. The number of hydrogen-bond donors (Lipinski definition) is 1. The van der Waals surface area contributed by atoms with E-state index in [0.29, 0.717) is 12.2 Å². The van der Waals surface area contributed by atoms with Crippen LogP contribution in [0.4, 0.5) is 10.5 Å². The highest BCUT2D eigenvalue weighted by Gasteiger charge is 2.46. The SMILES string of the molecule is O=C1OC2(CCSCC2)CN1c1ccccc1O. The van der Waals surface area contributed by atoms with Crippen LogP contribution < -0.4 is 4.90 Å². The summed E-state index contributed by atoms with van der Waals surface area (Å²) in [7, 11) is 0. The van der Waals surface area contributed by atoms with Crippen molar-refractivity contribution < 1.29 is 14.6 Å². The van der Waals surface area contributed by atoms with E-state index in [-0.39, 0.29) is 17.4 Å². The minimum Gasteiger partial charge on any atom is -0.506 e. The van der Waals surface area contributed by atoms with E-state index >= 15 is 0 Å². The molecule has 2 fully saturated rings. The topological polar surface area (TPSA) is 49.8 Å². The zero-order chi connectivity index (χ0) is 12.6. The fourth-order valence-electron chi connectivity index (χ4n) is 2.50. The van der Waals surface area contributed by atoms with Crippen LogP contribution in [0.1, 0.15) is 12.8 Å². The minimum absolute atomic E-state index is 0.122. The van der Waals surface area contributed by atoms with Gasteiger partial charge < -0.3 is 9.84 Å². The molecule has 3 rings (SSSR count). The minimum atomic E-state index is -0.344. The summed E-state index contributed by atoms with van der Waals surface area (Å²) in [4.78, 5) is 13.5. The van der Waals surface area contributed by atoms with Crippen molar-refractivity contribution in [1.82, 2.24) is 0 Å². The highest BCUT2D eigenvalue weighted by atomic mass is 32.2. The lowest BCUT2D eigenvalue weighted by Gasteiger charge is -2.30. The number of para-hydroxylation sites is 2. The highest BCUT2D eigenvalue weighted by Crippen LogP contribution is 2.39. The van der Waals surface area contributed by atoms with E-state index in [1.54, 1.807) is 23.1 Å². The van der Waals surface area contributed by atoms with Crippen molar-refractivity contribution in [3.05, 3.63) is 24.3 Å². The summed E-state index contributed by atoms with van der Waals surface area (Å²) in [5, 5.41) is 9.82. The van der Waals surface area contributed by atoms with Gasteiger partial charge in [-0.05, 0) is 36.5 Å². The molecule has 18 heavy (non-hydrogen) atoms. The zero-order valence-corrected chi connectivity index (χ0v) is 10.8. The third-order valence-electron chi connectivity index (χ3n) is 3.55. The van der Waals surface area contributed by atoms with Gasteiger partial charge >= 0.3 is 6.09 Å². The van der Waals surface area contributed by atoms with Crippen LogP contribution >= 0.6 is 11.8 Å². The molecule has 0 radical (unpaired) electrons. The smallest absolute Gasteiger partial charge is 0.415 e. The number of phenolic OH excluding ortho intramolecular Hbond substituents is 1. The van der Waals surface area contributed by atoms with Crippen molar-refractivity contribution in [1.29, 1.82) is 0 Å². The summed E-state index contributed by atoms with van der Waals surface area (Å²) in [6, 6.07) is 6.88. The molecule has 2 aliphatic heterocycles. The van der Waals surface area contributed by atoms with Crippen molar-refractivity contribution in [2.24, 2.45) is 0 Å². The molecule has 1 aromatic carbocycles. The Morgan fingerprint density at radius 3 is 2.72 bits per heavy atom. The summed E-state index contributed by atoms with van der Waals surface area (Å²) in [5.74, 6) is 2.18. The largest absolute Gasteiger partial charge is 0.506 e. The normalized spacial score (nSPS) is 22.2. The number of amides is 1. The molecule has 0 saturated carbocycles. The molecule has 0 unspecified atom stereocenters. The molecule has 2 saturated heterocycles. The Morgan fingerprint density at radius 2 is 2.00 bits per heavy atom. The number of phenols is 1. The van der Waals surface area contributed by atoms with Gasteiger partial charge in [0.05, 0.1) is 12.2 Å². The molecule has 1 amide bonds. The van der Waals surface area contributed by atoms with E-state index in [1.165, 1.54) is 0 Å². The first-order valence-electron chi connectivity index (χ1n) is 6.06. The lowest BCUT2D eigenvalue weighted by molar-refractivity contribution is 0.0502. The number of hydrogen-bond acceptors (Lipinski definition) is 4. The van der Waals surface area contributed by atoms with Crippen LogP contribution in [-0.4, -0.2) is 34.9 Å². The number of ether oxygens (including phenoxy) is 1. The second kappa shape index (κ2) is 4.39. The summed E-state index contributed by atoms with van der Waals surface area (Å²) in [6.45, 7) is 0.546. The first kappa shape index (κ1) is 11.7. The maximum absolute atomic E-state index is 12.0. The molecule has 5 heteroatoms. The summed E-state index contributed by atoms with van der Waals surface area (Å²) in [6.07, 6.45) is 1.45. The first-order valence-corrected chi connectivity index (χ1v) is 7.22. The standard InChI is InChI=1S/C13H15NO3S/c15-11-4-2-1-3-10(11)14-9-13(17-12(14)16)5-7-18-8-6-13/h1-4,15H,5-9H2. The summed E-state index contributed by atoms with van der Waals surface area (Å²) >= 11 is 1.90. The second-order valence-electron chi connectivity index (χ2n) is 4.74. The second-order valence-corrected chi connectivity index (χ2v) is 5.96. The van der Waals surface area contributed by atoms with Gasteiger partial charge in [-0.3, -0.25) is 4.90 Å². The molecule has 1 N–H and O–H groups in total. The number of nitrogens with zero attached hydrogens (tertiary/aromatic N) is 1. The van der Waals surface area contributed by atoms with E-state index < -0.39 is 0 Å². The van der Waals surface area contributed by atoms with Crippen LogP contribution in [0.15, 0.2) is 24.3 Å². The van der Waals surface area contributed by atoms with Gasteiger partial charge in [-0.1, -0.05) is 12.1 Å². The van der Waals surface area contributed by atoms with Crippen molar-refractivity contribution in [3.8, 4) is 5.75 Å². The number of benzene rings is 1. The molecule has 0 atom stereocenters. The molecule has 0 bridgehead atoms. The third-order valence-corrected chi connectivity index (χ3v) is 4.53. The molecule has 2 aliphatic rings. The van der Waals surface area contributed by atoms with Gasteiger partial charge in [0.2, 0.25) is 0 Å². The monoisotopic (exact) mass is 265 g/mol. The Balaban J connectivity index is 1.87. The van der Waals surface area contributed by atoms with Crippen LogP contribution in [0.2, 0.25) is 0 Å². The van der Waals surface area contributed by atoms with Crippen LogP contribution in [-0.2, 0) is 4.74 Å². The predicted molar refractivity (Wildman–Crippen MR) is 71.2 cm³/mol. The summed E-state index contributed by atoms with van der Waals surface area (Å²) < 4.78 is 5.57. The molecule has 1 spiro atoms. The Bertz CT molecular complexity index is 471. The highest BCUT2D eigenvalue weighted by molar-refractivity contribution is 7.99. The molecule has 0 aromatic heterocycles. The Hall–Kier alpha value is -1.36. The van der Waals surface area contributed by atoms with E-state index in [2.05, 4.69) is 0 Å². The number of rotatable bonds is 1. The number of anilines is 1. The number of carbonyl (C=O) groups excluding carboxylic acids is 1. The molecule has 2 heterocycles. The van der Waals surface area contributed by atoms with Gasteiger partial charge in [-0.2, -0.15) is 11.8 Å². The van der Waals surface area contributed by atoms with Crippen molar-refractivity contribution in [2.75, 3.05) is 23.0 Å². The van der Waals surface area contributed by atoms with E-state index in [1.807, 2.05) is 17.8 Å². The number of thioether (sulfide) groups is 1. The lowest BCUT2D eigenvalue weighted by atomic mass is 9.97. The van der Waals surface area contributed by atoms with Gasteiger partial charge in [0.1, 0.15) is 11.4 Å². The Morgan fingerprint density at radius 1 is 1.28 bits per heavy atom. The van der Waals surface area contributed by atoms with Crippen LogP contribution in [0.25, 0.3) is 0 Å². The van der Waals surface area contributed by atoms with Crippen LogP contribution in [0.3, 0.4) is 0 Å². The van der Waals surface area contributed by atoms with Crippen LogP contribution in [0, 0.1) is 0 Å². The Labute approximate surface area is 110 Å². The van der Waals surface area contributed by atoms with Crippen molar-refractivity contribution >= 4 is 23.5 Å². The third kappa shape index (κ3) is 1.92. The maximum atomic E-state index is 12.0. The maximum Gasteiger partial charge on any atom is 0.415 e. The van der Waals surface area contributed by atoms with E-state index in [9.17, 15) is 9.90 Å².